The van der Waals surface area contributed by atoms with Gasteiger partial charge in [-0.2, -0.15) is 12.7 Å². The Hall–Kier alpha value is -1.44. The standard InChI is InChI=1S/C12H16N2O4S/c1-13-7-9-14(10-8-13)19(16,17)18-12(15)11-5-3-2-4-6-11/h2-6H,7-10H2,1H3. The van der Waals surface area contributed by atoms with Gasteiger partial charge >= 0.3 is 16.3 Å². The summed E-state index contributed by atoms with van der Waals surface area (Å²) in [7, 11) is -2.08. The molecule has 0 bridgehead atoms. The minimum absolute atomic E-state index is 0.222. The van der Waals surface area contributed by atoms with Gasteiger partial charge in [0, 0.05) is 26.2 Å². The number of nitrogens with zero attached hydrogens (tertiary/aromatic N) is 2. The van der Waals surface area contributed by atoms with Crippen LogP contribution in [-0.2, 0) is 14.5 Å². The second-order valence-electron chi connectivity index (χ2n) is 4.40. The minimum Gasteiger partial charge on any atom is -0.329 e. The van der Waals surface area contributed by atoms with Gasteiger partial charge in [-0.05, 0) is 19.2 Å². The Morgan fingerprint density at radius 3 is 2.26 bits per heavy atom. The Bertz CT molecular complexity index is 536. The van der Waals surface area contributed by atoms with Crippen LogP contribution in [0.15, 0.2) is 30.3 Å². The van der Waals surface area contributed by atoms with E-state index in [1.54, 1.807) is 18.2 Å². The van der Waals surface area contributed by atoms with E-state index in [1.165, 1.54) is 16.4 Å². The molecular formula is C12H16N2O4S. The molecule has 7 heteroatoms. The number of likely N-dealkylation sites (N-methyl/N-ethyl adjacent to an activating group) is 1. The van der Waals surface area contributed by atoms with Gasteiger partial charge in [0.1, 0.15) is 0 Å². The highest BCUT2D eigenvalue weighted by Crippen LogP contribution is 2.11. The fourth-order valence-electron chi connectivity index (χ4n) is 1.78. The fourth-order valence-corrected chi connectivity index (χ4v) is 2.79. The maximum absolute atomic E-state index is 11.9. The number of hydrogen-bond donors (Lipinski definition) is 0. The maximum atomic E-state index is 11.9. The summed E-state index contributed by atoms with van der Waals surface area (Å²) in [6.07, 6.45) is 0. The summed E-state index contributed by atoms with van der Waals surface area (Å²) in [6.45, 7) is 1.92. The van der Waals surface area contributed by atoms with Crippen molar-refractivity contribution >= 4 is 16.3 Å². The first-order chi connectivity index (χ1) is 8.99. The molecular weight excluding hydrogens is 268 g/mol. The van der Waals surface area contributed by atoms with Gasteiger partial charge in [-0.1, -0.05) is 18.2 Å². The molecule has 0 amide bonds. The second-order valence-corrected chi connectivity index (χ2v) is 5.94. The Kier molecular flexibility index (Phi) is 4.18. The van der Waals surface area contributed by atoms with Crippen LogP contribution in [0.2, 0.25) is 0 Å². The van der Waals surface area contributed by atoms with Gasteiger partial charge in [-0.25, -0.2) is 4.79 Å². The molecule has 19 heavy (non-hydrogen) atoms. The van der Waals surface area contributed by atoms with Crippen molar-refractivity contribution in [3.8, 4) is 0 Å². The van der Waals surface area contributed by atoms with Crippen LogP contribution < -0.4 is 0 Å². The van der Waals surface area contributed by atoms with Crippen LogP contribution >= 0.6 is 0 Å². The molecule has 1 fully saturated rings. The lowest BCUT2D eigenvalue weighted by Crippen LogP contribution is -2.47. The molecule has 6 nitrogen and oxygen atoms in total. The SMILES string of the molecule is CN1CCN(S(=O)(=O)OC(=O)c2ccccc2)CC1. The zero-order valence-electron chi connectivity index (χ0n) is 10.7. The Morgan fingerprint density at radius 1 is 1.11 bits per heavy atom. The van der Waals surface area contributed by atoms with E-state index in [0.717, 1.165) is 0 Å². The van der Waals surface area contributed by atoms with Gasteiger partial charge in [-0.3, -0.25) is 0 Å². The summed E-state index contributed by atoms with van der Waals surface area (Å²) < 4.78 is 29.7. The summed E-state index contributed by atoms with van der Waals surface area (Å²) in [5.74, 6) is -0.848. The summed E-state index contributed by atoms with van der Waals surface area (Å²) >= 11 is 0. The van der Waals surface area contributed by atoms with Crippen LogP contribution in [0.5, 0.6) is 0 Å². The van der Waals surface area contributed by atoms with Gasteiger partial charge < -0.3 is 9.08 Å². The highest BCUT2D eigenvalue weighted by molar-refractivity contribution is 7.84. The van der Waals surface area contributed by atoms with Crippen molar-refractivity contribution in [3.63, 3.8) is 0 Å². The van der Waals surface area contributed by atoms with Crippen LogP contribution in [0.25, 0.3) is 0 Å². The van der Waals surface area contributed by atoms with E-state index >= 15 is 0 Å². The number of benzene rings is 1. The van der Waals surface area contributed by atoms with E-state index < -0.39 is 16.3 Å². The molecule has 1 heterocycles. The molecule has 0 aliphatic carbocycles. The molecule has 1 aromatic carbocycles. The van der Waals surface area contributed by atoms with Crippen LogP contribution in [-0.4, -0.2) is 56.8 Å². The topological polar surface area (TPSA) is 66.9 Å². The van der Waals surface area contributed by atoms with E-state index in [2.05, 4.69) is 4.18 Å². The van der Waals surface area contributed by atoms with E-state index in [-0.39, 0.29) is 5.56 Å². The largest absolute Gasteiger partial charge is 0.388 e. The monoisotopic (exact) mass is 284 g/mol. The Morgan fingerprint density at radius 2 is 1.68 bits per heavy atom. The number of carbonyl (C=O) groups is 1. The highest BCUT2D eigenvalue weighted by atomic mass is 32.2. The normalized spacial score (nSPS) is 18.2. The van der Waals surface area contributed by atoms with Crippen LogP contribution in [0.4, 0.5) is 0 Å². The molecule has 104 valence electrons. The summed E-state index contributed by atoms with van der Waals surface area (Å²) in [4.78, 5) is 13.7. The van der Waals surface area contributed by atoms with E-state index in [4.69, 9.17) is 0 Å². The average Bonchev–Trinajstić information content (AvgIpc) is 2.40. The lowest BCUT2D eigenvalue weighted by molar-refractivity contribution is 0.0724. The minimum atomic E-state index is -4.00. The van der Waals surface area contributed by atoms with Crippen molar-refractivity contribution < 1.29 is 17.4 Å². The molecule has 1 saturated heterocycles. The zero-order chi connectivity index (χ0) is 13.9. The molecule has 0 radical (unpaired) electrons. The molecule has 2 rings (SSSR count). The number of carbonyl (C=O) groups excluding carboxylic acids is 1. The van der Waals surface area contributed by atoms with Crippen LogP contribution in [0.1, 0.15) is 10.4 Å². The summed E-state index contributed by atoms with van der Waals surface area (Å²) in [5, 5.41) is 0. The zero-order valence-corrected chi connectivity index (χ0v) is 11.5. The molecule has 1 aliphatic heterocycles. The quantitative estimate of drug-likeness (QED) is 0.800. The van der Waals surface area contributed by atoms with Crippen molar-refractivity contribution in [2.24, 2.45) is 0 Å². The Labute approximate surface area is 112 Å². The van der Waals surface area contributed by atoms with Crippen LogP contribution in [0, 0.1) is 0 Å². The van der Waals surface area contributed by atoms with E-state index in [0.29, 0.717) is 26.2 Å². The predicted octanol–water partition coefficient (Wildman–Crippen LogP) is 0.336. The van der Waals surface area contributed by atoms with E-state index in [9.17, 15) is 13.2 Å². The molecule has 1 aliphatic rings. The first kappa shape index (κ1) is 14.0. The van der Waals surface area contributed by atoms with E-state index in [1.807, 2.05) is 11.9 Å². The third kappa shape index (κ3) is 3.52. The smallest absolute Gasteiger partial charge is 0.329 e. The lowest BCUT2D eigenvalue weighted by atomic mass is 10.2. The number of piperazine rings is 1. The molecule has 0 aromatic heterocycles. The van der Waals surface area contributed by atoms with Crippen molar-refractivity contribution in [1.82, 2.24) is 9.21 Å². The molecule has 0 spiro atoms. The molecule has 0 atom stereocenters. The summed E-state index contributed by atoms with van der Waals surface area (Å²) in [6, 6.07) is 8.08. The first-order valence-electron chi connectivity index (χ1n) is 5.96. The van der Waals surface area contributed by atoms with Crippen molar-refractivity contribution in [2.45, 2.75) is 0 Å². The lowest BCUT2D eigenvalue weighted by Gasteiger charge is -2.30. The van der Waals surface area contributed by atoms with Crippen LogP contribution in [0.3, 0.4) is 0 Å². The molecule has 0 N–H and O–H groups in total. The highest BCUT2D eigenvalue weighted by Gasteiger charge is 2.29. The molecule has 0 saturated carbocycles. The average molecular weight is 284 g/mol. The third-order valence-electron chi connectivity index (χ3n) is 2.97. The van der Waals surface area contributed by atoms with Crippen molar-refractivity contribution in [1.29, 1.82) is 0 Å². The maximum Gasteiger partial charge on any atom is 0.388 e. The summed E-state index contributed by atoms with van der Waals surface area (Å²) in [5.41, 5.74) is 0.222. The second kappa shape index (κ2) is 5.68. The van der Waals surface area contributed by atoms with Gasteiger partial charge in [0.25, 0.3) is 0 Å². The van der Waals surface area contributed by atoms with Crippen molar-refractivity contribution in [3.05, 3.63) is 35.9 Å². The fraction of sp³-hybridized carbons (Fsp3) is 0.417. The number of rotatable bonds is 3. The third-order valence-corrected chi connectivity index (χ3v) is 4.33. The molecule has 1 aromatic rings. The Balaban J connectivity index is 2.03. The van der Waals surface area contributed by atoms with Gasteiger partial charge in [-0.15, -0.1) is 0 Å². The van der Waals surface area contributed by atoms with Crippen molar-refractivity contribution in [2.75, 3.05) is 33.2 Å². The first-order valence-corrected chi connectivity index (χ1v) is 7.33. The number of hydrogen-bond acceptors (Lipinski definition) is 5. The molecule has 0 unspecified atom stereocenters. The van der Waals surface area contributed by atoms with Gasteiger partial charge in [0.15, 0.2) is 0 Å². The van der Waals surface area contributed by atoms with Gasteiger partial charge in [0.2, 0.25) is 0 Å². The van der Waals surface area contributed by atoms with Gasteiger partial charge in [0.05, 0.1) is 5.56 Å². The predicted molar refractivity (Wildman–Crippen MR) is 69.8 cm³/mol.